The number of amides is 1. The Bertz CT molecular complexity index is 1210. The van der Waals surface area contributed by atoms with E-state index in [1.807, 2.05) is 30.0 Å². The molecule has 0 bridgehead atoms. The van der Waals surface area contributed by atoms with Crippen LogP contribution < -0.4 is 5.32 Å². The number of nitrogens with one attached hydrogen (secondary N) is 1. The summed E-state index contributed by atoms with van der Waals surface area (Å²) in [6, 6.07) is 7.50. The van der Waals surface area contributed by atoms with Gasteiger partial charge in [0.15, 0.2) is 17.5 Å². The number of hydrogen-bond donors (Lipinski definition) is 1. The molecule has 2 aromatic carbocycles. The predicted molar refractivity (Wildman–Crippen MR) is 114 cm³/mol. The minimum Gasteiger partial charge on any atom is -0.330 e. The van der Waals surface area contributed by atoms with Crippen LogP contribution in [0.3, 0.4) is 0 Å². The van der Waals surface area contributed by atoms with Gasteiger partial charge in [0.1, 0.15) is 0 Å². The van der Waals surface area contributed by atoms with E-state index in [9.17, 15) is 18.0 Å². The van der Waals surface area contributed by atoms with Gasteiger partial charge in [0.2, 0.25) is 0 Å². The smallest absolute Gasteiger partial charge is 0.254 e. The normalized spacial score (nSPS) is 17.8. The van der Waals surface area contributed by atoms with Gasteiger partial charge in [-0.3, -0.25) is 9.48 Å². The SMILES string of the molecule is C[C@H]1c2nn(C)c(-c3cc(F)c(F)c(F)c3)c2CCN1C(=O)c1cccc2c1CCNC2. The molecule has 0 aliphatic carbocycles. The van der Waals surface area contributed by atoms with Crippen molar-refractivity contribution in [2.24, 2.45) is 7.05 Å². The summed E-state index contributed by atoms with van der Waals surface area (Å²) in [4.78, 5) is 15.3. The fourth-order valence-electron chi connectivity index (χ4n) is 4.96. The Labute approximate surface area is 183 Å². The van der Waals surface area contributed by atoms with Crippen LogP contribution in [0.25, 0.3) is 11.3 Å². The number of halogens is 3. The first-order valence-electron chi connectivity index (χ1n) is 10.7. The highest BCUT2D eigenvalue weighted by Crippen LogP contribution is 2.37. The van der Waals surface area contributed by atoms with Crippen molar-refractivity contribution in [2.75, 3.05) is 13.1 Å². The average molecular weight is 440 g/mol. The zero-order valence-corrected chi connectivity index (χ0v) is 17.9. The van der Waals surface area contributed by atoms with Gasteiger partial charge in [0, 0.05) is 36.8 Å². The quantitative estimate of drug-likeness (QED) is 0.615. The monoisotopic (exact) mass is 440 g/mol. The Morgan fingerprint density at radius 2 is 1.88 bits per heavy atom. The van der Waals surface area contributed by atoms with Crippen LogP contribution in [-0.4, -0.2) is 33.7 Å². The third-order valence-corrected chi connectivity index (χ3v) is 6.53. The lowest BCUT2D eigenvalue weighted by molar-refractivity contribution is 0.0672. The minimum absolute atomic E-state index is 0.0343. The van der Waals surface area contributed by atoms with E-state index in [1.165, 1.54) is 0 Å². The predicted octanol–water partition coefficient (Wildman–Crippen LogP) is 3.91. The summed E-state index contributed by atoms with van der Waals surface area (Å²) in [5, 5.41) is 7.91. The van der Waals surface area contributed by atoms with Crippen molar-refractivity contribution in [3.63, 3.8) is 0 Å². The molecule has 2 aliphatic rings. The molecule has 0 fully saturated rings. The maximum absolute atomic E-state index is 13.9. The van der Waals surface area contributed by atoms with E-state index in [0.29, 0.717) is 24.4 Å². The maximum atomic E-state index is 13.9. The molecule has 3 heterocycles. The molecule has 166 valence electrons. The highest BCUT2D eigenvalue weighted by molar-refractivity contribution is 5.96. The number of carbonyl (C=O) groups is 1. The Kier molecular flexibility index (Phi) is 5.04. The van der Waals surface area contributed by atoms with E-state index in [0.717, 1.165) is 53.9 Å². The van der Waals surface area contributed by atoms with E-state index in [4.69, 9.17) is 0 Å². The fraction of sp³-hybridized carbons (Fsp3) is 0.333. The molecule has 8 heteroatoms. The Morgan fingerprint density at radius 3 is 2.62 bits per heavy atom. The van der Waals surface area contributed by atoms with Gasteiger partial charge in [-0.2, -0.15) is 5.10 Å². The summed E-state index contributed by atoms with van der Waals surface area (Å²) in [5.74, 6) is -4.00. The molecular weight excluding hydrogens is 417 g/mol. The largest absolute Gasteiger partial charge is 0.330 e. The van der Waals surface area contributed by atoms with Crippen molar-refractivity contribution in [1.82, 2.24) is 20.0 Å². The third kappa shape index (κ3) is 3.21. The first-order chi connectivity index (χ1) is 15.4. The summed E-state index contributed by atoms with van der Waals surface area (Å²) in [5.41, 5.74) is 5.25. The van der Waals surface area contributed by atoms with Crippen LogP contribution in [0, 0.1) is 17.5 Å². The molecule has 0 saturated carbocycles. The lowest BCUT2D eigenvalue weighted by Crippen LogP contribution is -2.40. The topological polar surface area (TPSA) is 50.2 Å². The van der Waals surface area contributed by atoms with E-state index < -0.39 is 17.5 Å². The van der Waals surface area contributed by atoms with Crippen molar-refractivity contribution in [2.45, 2.75) is 32.4 Å². The number of benzene rings is 2. The third-order valence-electron chi connectivity index (χ3n) is 6.53. The molecule has 5 rings (SSSR count). The van der Waals surface area contributed by atoms with Crippen molar-refractivity contribution in [1.29, 1.82) is 0 Å². The second-order valence-corrected chi connectivity index (χ2v) is 8.38. The van der Waals surface area contributed by atoms with Crippen LogP contribution >= 0.6 is 0 Å². The molecule has 32 heavy (non-hydrogen) atoms. The molecular formula is C24H23F3N4O. The highest BCUT2D eigenvalue weighted by atomic mass is 19.2. The lowest BCUT2D eigenvalue weighted by Gasteiger charge is -2.34. The van der Waals surface area contributed by atoms with E-state index in [1.54, 1.807) is 11.7 Å². The van der Waals surface area contributed by atoms with Crippen LogP contribution in [0.5, 0.6) is 0 Å². The molecule has 3 aromatic rings. The van der Waals surface area contributed by atoms with Crippen LogP contribution in [0.4, 0.5) is 13.2 Å². The maximum Gasteiger partial charge on any atom is 0.254 e. The molecule has 0 radical (unpaired) electrons. The van der Waals surface area contributed by atoms with Crippen LogP contribution in [0.15, 0.2) is 30.3 Å². The zero-order chi connectivity index (χ0) is 22.6. The number of rotatable bonds is 2. The lowest BCUT2D eigenvalue weighted by atomic mass is 9.92. The molecule has 1 aromatic heterocycles. The van der Waals surface area contributed by atoms with Gasteiger partial charge in [0.05, 0.1) is 17.4 Å². The van der Waals surface area contributed by atoms with Gasteiger partial charge in [0.25, 0.3) is 5.91 Å². The summed E-state index contributed by atoms with van der Waals surface area (Å²) in [6.07, 6.45) is 1.30. The standard InChI is InChI=1S/C24H23F3N4O/c1-13-22-18(23(30(2)29-22)15-10-19(25)21(27)20(26)11-15)7-9-31(13)24(32)17-5-3-4-14-12-28-8-6-16(14)17/h3-5,10-11,13,28H,6-9,12H2,1-2H3/t13-/m0/s1. The van der Waals surface area contributed by atoms with Crippen molar-refractivity contribution < 1.29 is 18.0 Å². The van der Waals surface area contributed by atoms with Crippen molar-refractivity contribution >= 4 is 5.91 Å². The zero-order valence-electron chi connectivity index (χ0n) is 17.9. The summed E-state index contributed by atoms with van der Waals surface area (Å²) < 4.78 is 42.7. The Hall–Kier alpha value is -3.13. The molecule has 0 unspecified atom stereocenters. The second kappa shape index (κ2) is 7.78. The summed E-state index contributed by atoms with van der Waals surface area (Å²) >= 11 is 0. The first kappa shape index (κ1) is 20.8. The fourth-order valence-corrected chi connectivity index (χ4v) is 4.96. The summed E-state index contributed by atoms with van der Waals surface area (Å²) in [6.45, 7) is 3.96. The first-order valence-corrected chi connectivity index (χ1v) is 10.7. The Morgan fingerprint density at radius 1 is 1.12 bits per heavy atom. The molecule has 1 atom stereocenters. The van der Waals surface area contributed by atoms with Crippen LogP contribution in [0.2, 0.25) is 0 Å². The Balaban J connectivity index is 1.51. The molecule has 2 aliphatic heterocycles. The van der Waals surface area contributed by atoms with Crippen LogP contribution in [0.1, 0.15) is 45.7 Å². The molecule has 5 nitrogen and oxygen atoms in total. The second-order valence-electron chi connectivity index (χ2n) is 8.38. The number of fused-ring (bicyclic) bond motifs is 2. The number of aromatic nitrogens is 2. The number of aryl methyl sites for hydroxylation is 1. The number of nitrogens with zero attached hydrogens (tertiary/aromatic N) is 3. The molecule has 0 spiro atoms. The van der Waals surface area contributed by atoms with E-state index in [2.05, 4.69) is 10.4 Å². The molecule has 0 saturated heterocycles. The van der Waals surface area contributed by atoms with Crippen molar-refractivity contribution in [3.8, 4) is 11.3 Å². The minimum atomic E-state index is -1.49. The van der Waals surface area contributed by atoms with Gasteiger partial charge in [-0.15, -0.1) is 0 Å². The van der Waals surface area contributed by atoms with Gasteiger partial charge in [-0.1, -0.05) is 12.1 Å². The highest BCUT2D eigenvalue weighted by Gasteiger charge is 2.34. The van der Waals surface area contributed by atoms with E-state index in [-0.39, 0.29) is 17.5 Å². The average Bonchev–Trinajstić information content (AvgIpc) is 3.13. The van der Waals surface area contributed by atoms with Gasteiger partial charge in [-0.05, 0) is 55.6 Å². The van der Waals surface area contributed by atoms with E-state index >= 15 is 0 Å². The summed E-state index contributed by atoms with van der Waals surface area (Å²) in [7, 11) is 1.69. The van der Waals surface area contributed by atoms with Gasteiger partial charge >= 0.3 is 0 Å². The molecule has 1 N–H and O–H groups in total. The molecule has 1 amide bonds. The number of hydrogen-bond acceptors (Lipinski definition) is 3. The number of carbonyl (C=O) groups excluding carboxylic acids is 1. The van der Waals surface area contributed by atoms with Gasteiger partial charge in [-0.25, -0.2) is 13.2 Å². The van der Waals surface area contributed by atoms with Gasteiger partial charge < -0.3 is 10.2 Å². The van der Waals surface area contributed by atoms with Crippen molar-refractivity contribution in [3.05, 3.63) is 75.7 Å². The van der Waals surface area contributed by atoms with Crippen LogP contribution in [-0.2, 0) is 26.4 Å².